The predicted molar refractivity (Wildman–Crippen MR) is 90.5 cm³/mol. The molecule has 0 amide bonds. The summed E-state index contributed by atoms with van der Waals surface area (Å²) in [5, 5.41) is 31.5. The number of benzene rings is 2. The number of phenolic OH excluding ortho intramolecular Hbond substituents is 2. The fourth-order valence-corrected chi connectivity index (χ4v) is 2.69. The van der Waals surface area contributed by atoms with Gasteiger partial charge in [-0.3, -0.25) is 10.1 Å². The van der Waals surface area contributed by atoms with Crippen LogP contribution in [0.25, 0.3) is 0 Å². The van der Waals surface area contributed by atoms with Gasteiger partial charge in [-0.15, -0.1) is 0 Å². The summed E-state index contributed by atoms with van der Waals surface area (Å²) in [6.07, 6.45) is 0.171. The molecular formula is C17H18BrNO4. The zero-order chi connectivity index (χ0) is 17.0. The SMILES string of the molecule is CC(Cc1ccc(O)c(O)c1)(NCc1cccc(Br)c1)C(=O)O. The zero-order valence-corrected chi connectivity index (χ0v) is 14.2. The van der Waals surface area contributed by atoms with Gasteiger partial charge in [-0.05, 0) is 42.3 Å². The summed E-state index contributed by atoms with van der Waals surface area (Å²) in [5.41, 5.74) is 0.374. The summed E-state index contributed by atoms with van der Waals surface area (Å²) in [6, 6.07) is 11.9. The lowest BCUT2D eigenvalue weighted by Gasteiger charge is -2.27. The molecule has 0 radical (unpaired) electrons. The van der Waals surface area contributed by atoms with E-state index in [9.17, 15) is 20.1 Å². The Bertz CT molecular complexity index is 719. The fourth-order valence-electron chi connectivity index (χ4n) is 2.25. The Labute approximate surface area is 142 Å². The molecule has 0 aliphatic rings. The Kier molecular flexibility index (Phi) is 5.28. The van der Waals surface area contributed by atoms with Gasteiger partial charge in [0.15, 0.2) is 11.5 Å². The number of halogens is 1. The van der Waals surface area contributed by atoms with Crippen molar-refractivity contribution in [1.82, 2.24) is 5.32 Å². The van der Waals surface area contributed by atoms with E-state index in [4.69, 9.17) is 0 Å². The highest BCUT2D eigenvalue weighted by atomic mass is 79.9. The Morgan fingerprint density at radius 3 is 2.48 bits per heavy atom. The summed E-state index contributed by atoms with van der Waals surface area (Å²) >= 11 is 3.38. The summed E-state index contributed by atoms with van der Waals surface area (Å²) in [4.78, 5) is 11.7. The van der Waals surface area contributed by atoms with Crippen LogP contribution in [0.1, 0.15) is 18.1 Å². The van der Waals surface area contributed by atoms with E-state index >= 15 is 0 Å². The summed E-state index contributed by atoms with van der Waals surface area (Å²) in [7, 11) is 0. The van der Waals surface area contributed by atoms with Gasteiger partial charge in [0.05, 0.1) is 0 Å². The number of nitrogens with one attached hydrogen (secondary N) is 1. The molecule has 0 aliphatic carbocycles. The first kappa shape index (κ1) is 17.3. The lowest BCUT2D eigenvalue weighted by Crippen LogP contribution is -2.50. The maximum Gasteiger partial charge on any atom is 0.323 e. The third-order valence-electron chi connectivity index (χ3n) is 3.64. The van der Waals surface area contributed by atoms with Gasteiger partial charge in [-0.2, -0.15) is 0 Å². The Morgan fingerprint density at radius 2 is 1.87 bits per heavy atom. The van der Waals surface area contributed by atoms with Crippen molar-refractivity contribution in [2.24, 2.45) is 0 Å². The normalized spacial score (nSPS) is 13.5. The van der Waals surface area contributed by atoms with Gasteiger partial charge in [0.25, 0.3) is 0 Å². The molecule has 2 rings (SSSR count). The molecular weight excluding hydrogens is 362 g/mol. The highest BCUT2D eigenvalue weighted by molar-refractivity contribution is 9.10. The molecule has 2 aromatic carbocycles. The van der Waals surface area contributed by atoms with Gasteiger partial charge in [0.2, 0.25) is 0 Å². The standard InChI is InChI=1S/C17H18BrNO4/c1-17(16(22)23,9-11-5-6-14(20)15(21)8-11)19-10-12-3-2-4-13(18)7-12/h2-8,19-21H,9-10H2,1H3,(H,22,23). The number of carbonyl (C=O) groups is 1. The van der Waals surface area contributed by atoms with Crippen LogP contribution in [-0.2, 0) is 17.8 Å². The Morgan fingerprint density at radius 1 is 1.13 bits per heavy atom. The third kappa shape index (κ3) is 4.46. The fraction of sp³-hybridized carbons (Fsp3) is 0.235. The summed E-state index contributed by atoms with van der Waals surface area (Å²) in [5.74, 6) is -1.48. The smallest absolute Gasteiger partial charge is 0.323 e. The molecule has 4 N–H and O–H groups in total. The van der Waals surface area contributed by atoms with Gasteiger partial charge in [0, 0.05) is 17.4 Å². The van der Waals surface area contributed by atoms with E-state index in [2.05, 4.69) is 21.2 Å². The van der Waals surface area contributed by atoms with E-state index in [0.29, 0.717) is 12.1 Å². The van der Waals surface area contributed by atoms with Crippen LogP contribution in [-0.4, -0.2) is 26.8 Å². The van der Waals surface area contributed by atoms with Gasteiger partial charge in [-0.1, -0.05) is 34.1 Å². The van der Waals surface area contributed by atoms with Crippen LogP contribution in [0.2, 0.25) is 0 Å². The quantitative estimate of drug-likeness (QED) is 0.579. The second kappa shape index (κ2) is 7.02. The van der Waals surface area contributed by atoms with Crippen molar-refractivity contribution in [2.75, 3.05) is 0 Å². The van der Waals surface area contributed by atoms with E-state index in [-0.39, 0.29) is 17.9 Å². The van der Waals surface area contributed by atoms with E-state index in [1.807, 2.05) is 24.3 Å². The maximum atomic E-state index is 11.7. The van der Waals surface area contributed by atoms with Crippen LogP contribution in [0.5, 0.6) is 11.5 Å². The molecule has 0 bridgehead atoms. The minimum absolute atomic E-state index is 0.171. The second-order valence-electron chi connectivity index (χ2n) is 5.62. The molecule has 23 heavy (non-hydrogen) atoms. The molecule has 0 saturated carbocycles. The maximum absolute atomic E-state index is 11.7. The van der Waals surface area contributed by atoms with Crippen LogP contribution in [0.15, 0.2) is 46.9 Å². The van der Waals surface area contributed by atoms with Crippen molar-refractivity contribution < 1.29 is 20.1 Å². The number of aromatic hydroxyl groups is 2. The average molecular weight is 380 g/mol. The number of aliphatic carboxylic acids is 1. The first-order valence-electron chi connectivity index (χ1n) is 7.04. The molecule has 5 nitrogen and oxygen atoms in total. The van der Waals surface area contributed by atoms with Gasteiger partial charge >= 0.3 is 5.97 Å². The highest BCUT2D eigenvalue weighted by Gasteiger charge is 2.33. The van der Waals surface area contributed by atoms with Crippen LogP contribution in [0.3, 0.4) is 0 Å². The summed E-state index contributed by atoms with van der Waals surface area (Å²) < 4.78 is 0.928. The van der Waals surface area contributed by atoms with E-state index < -0.39 is 11.5 Å². The molecule has 0 heterocycles. The number of carboxylic acid groups (broad SMARTS) is 1. The molecule has 6 heteroatoms. The molecule has 2 aromatic rings. The van der Waals surface area contributed by atoms with Crippen molar-refractivity contribution >= 4 is 21.9 Å². The van der Waals surface area contributed by atoms with Crippen LogP contribution in [0.4, 0.5) is 0 Å². The molecule has 0 aliphatic heterocycles. The van der Waals surface area contributed by atoms with E-state index in [1.165, 1.54) is 12.1 Å². The lowest BCUT2D eigenvalue weighted by atomic mass is 9.92. The number of carboxylic acids is 1. The number of rotatable bonds is 6. The van der Waals surface area contributed by atoms with E-state index in [0.717, 1.165) is 10.0 Å². The Hall–Kier alpha value is -2.05. The van der Waals surface area contributed by atoms with Crippen molar-refractivity contribution in [3.63, 3.8) is 0 Å². The van der Waals surface area contributed by atoms with Crippen molar-refractivity contribution in [1.29, 1.82) is 0 Å². The van der Waals surface area contributed by atoms with Gasteiger partial charge in [-0.25, -0.2) is 0 Å². The predicted octanol–water partition coefficient (Wildman–Crippen LogP) is 3.04. The number of hydrogen-bond donors (Lipinski definition) is 4. The van der Waals surface area contributed by atoms with Crippen LogP contribution < -0.4 is 5.32 Å². The monoisotopic (exact) mass is 379 g/mol. The number of phenols is 2. The van der Waals surface area contributed by atoms with E-state index in [1.54, 1.807) is 13.0 Å². The zero-order valence-electron chi connectivity index (χ0n) is 12.6. The minimum Gasteiger partial charge on any atom is -0.504 e. The van der Waals surface area contributed by atoms with Gasteiger partial charge in [0.1, 0.15) is 5.54 Å². The van der Waals surface area contributed by atoms with Crippen molar-refractivity contribution in [2.45, 2.75) is 25.4 Å². The summed E-state index contributed by atoms with van der Waals surface area (Å²) in [6.45, 7) is 1.99. The average Bonchev–Trinajstić information content (AvgIpc) is 2.49. The largest absolute Gasteiger partial charge is 0.504 e. The molecule has 1 unspecified atom stereocenters. The topological polar surface area (TPSA) is 89.8 Å². The third-order valence-corrected chi connectivity index (χ3v) is 4.13. The molecule has 0 fully saturated rings. The molecule has 122 valence electrons. The highest BCUT2D eigenvalue weighted by Crippen LogP contribution is 2.27. The first-order valence-corrected chi connectivity index (χ1v) is 7.83. The van der Waals surface area contributed by atoms with Crippen LogP contribution >= 0.6 is 15.9 Å². The second-order valence-corrected chi connectivity index (χ2v) is 6.54. The lowest BCUT2D eigenvalue weighted by molar-refractivity contribution is -0.144. The van der Waals surface area contributed by atoms with Gasteiger partial charge < -0.3 is 15.3 Å². The Balaban J connectivity index is 2.15. The number of hydrogen-bond acceptors (Lipinski definition) is 4. The molecule has 0 saturated heterocycles. The molecule has 1 atom stereocenters. The molecule has 0 spiro atoms. The van der Waals surface area contributed by atoms with Crippen molar-refractivity contribution in [3.8, 4) is 11.5 Å². The minimum atomic E-state index is -1.20. The molecule has 0 aromatic heterocycles. The first-order chi connectivity index (χ1) is 10.8. The van der Waals surface area contributed by atoms with Crippen LogP contribution in [0, 0.1) is 0 Å². The van der Waals surface area contributed by atoms with Crippen molar-refractivity contribution in [3.05, 3.63) is 58.1 Å².